The fourth-order valence-corrected chi connectivity index (χ4v) is 3.02. The predicted octanol–water partition coefficient (Wildman–Crippen LogP) is 4.34. The van der Waals surface area contributed by atoms with E-state index in [4.69, 9.17) is 4.84 Å². The van der Waals surface area contributed by atoms with E-state index in [9.17, 15) is 0 Å². The summed E-state index contributed by atoms with van der Waals surface area (Å²) in [5.41, 5.74) is 4.87. The number of hydrogen-bond donors (Lipinski definition) is 0. The number of fused-ring (bicyclic) bond motifs is 2. The van der Waals surface area contributed by atoms with Gasteiger partial charge < -0.3 is 4.84 Å². The van der Waals surface area contributed by atoms with Gasteiger partial charge in [-0.2, -0.15) is 0 Å². The van der Waals surface area contributed by atoms with Crippen molar-refractivity contribution in [3.8, 4) is 0 Å². The van der Waals surface area contributed by atoms with Crippen molar-refractivity contribution in [2.45, 2.75) is 25.9 Å². The van der Waals surface area contributed by atoms with Crippen molar-refractivity contribution in [3.05, 3.63) is 77.5 Å². The largest absolute Gasteiger partial charge is 0.389 e. The van der Waals surface area contributed by atoms with Crippen LogP contribution in [0.2, 0.25) is 0 Å². The summed E-state index contributed by atoms with van der Waals surface area (Å²) < 4.78 is 0. The summed E-state index contributed by atoms with van der Waals surface area (Å²) in [7, 11) is 0. The standard InChI is InChI=1S/C20H18N2O/c1-20(2)12-15-8-3-5-9-17(15)19(22-23-20)16-11-14-7-4-6-10-18(14)21-13-16/h3-11,13H,12H2,1-2H3. The number of pyridine rings is 1. The van der Waals surface area contributed by atoms with Gasteiger partial charge in [-0.1, -0.05) is 47.6 Å². The van der Waals surface area contributed by atoms with Gasteiger partial charge in [0.2, 0.25) is 0 Å². The zero-order chi connectivity index (χ0) is 15.9. The van der Waals surface area contributed by atoms with Crippen LogP contribution in [0.4, 0.5) is 0 Å². The Morgan fingerprint density at radius 1 is 1.00 bits per heavy atom. The number of para-hydroxylation sites is 1. The average Bonchev–Trinajstić information content (AvgIpc) is 2.69. The molecule has 1 aliphatic rings. The summed E-state index contributed by atoms with van der Waals surface area (Å²) in [5, 5.41) is 5.58. The lowest BCUT2D eigenvalue weighted by molar-refractivity contribution is -0.0117. The second-order valence-corrected chi connectivity index (χ2v) is 6.54. The first-order valence-corrected chi connectivity index (χ1v) is 7.82. The molecule has 0 N–H and O–H groups in total. The molecule has 3 nitrogen and oxygen atoms in total. The van der Waals surface area contributed by atoms with Gasteiger partial charge in [-0.3, -0.25) is 4.98 Å². The molecule has 0 amide bonds. The third-order valence-electron chi connectivity index (χ3n) is 4.14. The van der Waals surface area contributed by atoms with Gasteiger partial charge in [0.15, 0.2) is 0 Å². The third-order valence-corrected chi connectivity index (χ3v) is 4.14. The van der Waals surface area contributed by atoms with E-state index < -0.39 is 0 Å². The molecule has 0 spiro atoms. The van der Waals surface area contributed by atoms with Gasteiger partial charge in [-0.15, -0.1) is 0 Å². The van der Waals surface area contributed by atoms with E-state index in [0.29, 0.717) is 0 Å². The molecule has 3 heteroatoms. The SMILES string of the molecule is CC1(C)Cc2ccccc2C(c2cnc3ccccc3c2)=NO1. The maximum atomic E-state index is 5.81. The van der Waals surface area contributed by atoms with Crippen LogP contribution in [0.1, 0.15) is 30.5 Å². The van der Waals surface area contributed by atoms with Crippen molar-refractivity contribution in [3.63, 3.8) is 0 Å². The normalized spacial score (nSPS) is 16.2. The van der Waals surface area contributed by atoms with Crippen LogP contribution in [0.3, 0.4) is 0 Å². The zero-order valence-electron chi connectivity index (χ0n) is 13.3. The highest BCUT2D eigenvalue weighted by molar-refractivity contribution is 6.14. The first-order valence-electron chi connectivity index (χ1n) is 7.82. The summed E-state index contributed by atoms with van der Waals surface area (Å²) >= 11 is 0. The summed E-state index contributed by atoms with van der Waals surface area (Å²) in [6, 6.07) is 18.6. The summed E-state index contributed by atoms with van der Waals surface area (Å²) in [4.78, 5) is 10.4. The highest BCUT2D eigenvalue weighted by Gasteiger charge is 2.27. The van der Waals surface area contributed by atoms with Crippen LogP contribution in [0.25, 0.3) is 10.9 Å². The Kier molecular flexibility index (Phi) is 3.15. The molecule has 2 aromatic carbocycles. The van der Waals surface area contributed by atoms with Gasteiger partial charge in [0.05, 0.1) is 5.52 Å². The van der Waals surface area contributed by atoms with Gasteiger partial charge in [-0.05, 0) is 31.5 Å². The van der Waals surface area contributed by atoms with Crippen molar-refractivity contribution in [1.82, 2.24) is 4.98 Å². The number of rotatable bonds is 1. The molecular weight excluding hydrogens is 284 g/mol. The molecule has 4 rings (SSSR count). The summed E-state index contributed by atoms with van der Waals surface area (Å²) in [5.74, 6) is 0. The predicted molar refractivity (Wildman–Crippen MR) is 92.7 cm³/mol. The van der Waals surface area contributed by atoms with Crippen molar-refractivity contribution in [1.29, 1.82) is 0 Å². The molecule has 1 aromatic heterocycles. The molecule has 0 bridgehead atoms. The van der Waals surface area contributed by atoms with E-state index >= 15 is 0 Å². The number of aromatic nitrogens is 1. The van der Waals surface area contributed by atoms with Gasteiger partial charge in [-0.25, -0.2) is 0 Å². The van der Waals surface area contributed by atoms with Gasteiger partial charge in [0.1, 0.15) is 11.3 Å². The van der Waals surface area contributed by atoms with Crippen molar-refractivity contribution < 1.29 is 4.84 Å². The molecule has 0 atom stereocenters. The molecule has 0 fully saturated rings. The van der Waals surface area contributed by atoms with Crippen LogP contribution in [-0.2, 0) is 11.3 Å². The minimum absolute atomic E-state index is 0.317. The van der Waals surface area contributed by atoms with E-state index in [1.165, 1.54) is 5.56 Å². The second-order valence-electron chi connectivity index (χ2n) is 6.54. The molecule has 0 saturated carbocycles. The highest BCUT2D eigenvalue weighted by Crippen LogP contribution is 2.27. The molecule has 0 saturated heterocycles. The number of nitrogens with zero attached hydrogens (tertiary/aromatic N) is 2. The Balaban J connectivity index is 1.90. The smallest absolute Gasteiger partial charge is 0.136 e. The van der Waals surface area contributed by atoms with Crippen molar-refractivity contribution >= 4 is 16.6 Å². The lowest BCUT2D eigenvalue weighted by Crippen LogP contribution is -2.24. The molecule has 114 valence electrons. The van der Waals surface area contributed by atoms with E-state index in [1.807, 2.05) is 30.5 Å². The fraction of sp³-hybridized carbons (Fsp3) is 0.200. The maximum absolute atomic E-state index is 5.81. The number of hydrogen-bond acceptors (Lipinski definition) is 3. The minimum atomic E-state index is -0.317. The maximum Gasteiger partial charge on any atom is 0.136 e. The van der Waals surface area contributed by atoms with Crippen LogP contribution in [0.15, 0.2) is 65.9 Å². The molecule has 0 aliphatic carbocycles. The van der Waals surface area contributed by atoms with Crippen molar-refractivity contribution in [2.24, 2.45) is 5.16 Å². The topological polar surface area (TPSA) is 34.5 Å². The highest BCUT2D eigenvalue weighted by atomic mass is 16.6. The van der Waals surface area contributed by atoms with Gasteiger partial charge in [0.25, 0.3) is 0 Å². The summed E-state index contributed by atoms with van der Waals surface area (Å²) in [6.45, 7) is 4.13. The number of benzene rings is 2. The lowest BCUT2D eigenvalue weighted by atomic mass is 9.91. The van der Waals surface area contributed by atoms with E-state index in [1.54, 1.807) is 0 Å². The third kappa shape index (κ3) is 2.59. The summed E-state index contributed by atoms with van der Waals surface area (Å²) in [6.07, 6.45) is 2.71. The molecule has 2 heterocycles. The van der Waals surface area contributed by atoms with Gasteiger partial charge >= 0.3 is 0 Å². The fourth-order valence-electron chi connectivity index (χ4n) is 3.02. The molecule has 0 radical (unpaired) electrons. The van der Waals surface area contributed by atoms with Gasteiger partial charge in [0, 0.05) is 29.1 Å². The van der Waals surface area contributed by atoms with Crippen molar-refractivity contribution in [2.75, 3.05) is 0 Å². The number of oxime groups is 1. The lowest BCUT2D eigenvalue weighted by Gasteiger charge is -2.20. The average molecular weight is 302 g/mol. The second kappa shape index (κ2) is 5.20. The molecule has 23 heavy (non-hydrogen) atoms. The van der Waals surface area contributed by atoms with E-state index in [-0.39, 0.29) is 5.60 Å². The quantitative estimate of drug-likeness (QED) is 0.670. The molecule has 1 aliphatic heterocycles. The minimum Gasteiger partial charge on any atom is -0.389 e. The zero-order valence-corrected chi connectivity index (χ0v) is 13.3. The Labute approximate surface area is 135 Å². The van der Waals surface area contributed by atoms with Crippen LogP contribution in [-0.4, -0.2) is 16.3 Å². The molecular formula is C20H18N2O. The van der Waals surface area contributed by atoms with Crippen LogP contribution >= 0.6 is 0 Å². The Morgan fingerprint density at radius 2 is 1.78 bits per heavy atom. The van der Waals surface area contributed by atoms with E-state index in [2.05, 4.69) is 54.3 Å². The van der Waals surface area contributed by atoms with Crippen LogP contribution < -0.4 is 0 Å². The Bertz CT molecular complexity index is 912. The molecule has 0 unspecified atom stereocenters. The van der Waals surface area contributed by atoms with Crippen LogP contribution in [0.5, 0.6) is 0 Å². The molecule has 3 aromatic rings. The first kappa shape index (κ1) is 13.9. The monoisotopic (exact) mass is 302 g/mol. The van der Waals surface area contributed by atoms with Crippen LogP contribution in [0, 0.1) is 0 Å². The Hall–Kier alpha value is -2.68. The van der Waals surface area contributed by atoms with E-state index in [0.717, 1.165) is 34.2 Å². The Morgan fingerprint density at radius 3 is 2.70 bits per heavy atom. The first-order chi connectivity index (χ1) is 11.1.